The van der Waals surface area contributed by atoms with Crippen LogP contribution in [0.25, 0.3) is 0 Å². The largest absolute Gasteiger partial charge is 0.327 e. The van der Waals surface area contributed by atoms with Crippen LogP contribution in [0.5, 0.6) is 0 Å². The Bertz CT molecular complexity index is 273. The maximum Gasteiger partial charge on any atom is 0.00956 e. The average Bonchev–Trinajstić information content (AvgIpc) is 2.38. The van der Waals surface area contributed by atoms with E-state index in [0.29, 0.717) is 11.5 Å². The van der Waals surface area contributed by atoms with Gasteiger partial charge in [-0.2, -0.15) is 0 Å². The molecule has 2 atom stereocenters. The molecule has 2 heteroatoms. The molecule has 19 heavy (non-hydrogen) atoms. The maximum absolute atomic E-state index is 6.23. The first-order valence-corrected chi connectivity index (χ1v) is 8.41. The second-order valence-electron chi connectivity index (χ2n) is 7.99. The van der Waals surface area contributed by atoms with Crippen molar-refractivity contribution in [1.29, 1.82) is 0 Å². The number of likely N-dealkylation sites (tertiary alicyclic amines) is 1. The van der Waals surface area contributed by atoms with E-state index in [4.69, 9.17) is 5.73 Å². The number of piperidine rings is 1. The van der Waals surface area contributed by atoms with E-state index in [0.717, 1.165) is 17.9 Å². The predicted molar refractivity (Wildman–Crippen MR) is 83.1 cm³/mol. The van der Waals surface area contributed by atoms with Gasteiger partial charge in [-0.3, -0.25) is 4.90 Å². The topological polar surface area (TPSA) is 29.3 Å². The van der Waals surface area contributed by atoms with Crippen LogP contribution in [-0.4, -0.2) is 30.1 Å². The summed E-state index contributed by atoms with van der Waals surface area (Å²) in [6.07, 6.45) is 8.12. The van der Waals surface area contributed by atoms with E-state index in [1.807, 2.05) is 0 Å². The summed E-state index contributed by atoms with van der Waals surface area (Å²) in [4.78, 5) is 2.76. The minimum Gasteiger partial charge on any atom is -0.327 e. The Kier molecular flexibility index (Phi) is 4.94. The Morgan fingerprint density at radius 2 is 1.68 bits per heavy atom. The summed E-state index contributed by atoms with van der Waals surface area (Å²) in [6, 6.07) is 1.30. The zero-order chi connectivity index (χ0) is 14.0. The van der Waals surface area contributed by atoms with Crippen molar-refractivity contribution in [3.8, 4) is 0 Å². The van der Waals surface area contributed by atoms with E-state index >= 15 is 0 Å². The summed E-state index contributed by atoms with van der Waals surface area (Å²) in [5, 5.41) is 0. The normalized spacial score (nSPS) is 38.4. The van der Waals surface area contributed by atoms with E-state index in [1.165, 1.54) is 51.6 Å². The zero-order valence-electron chi connectivity index (χ0n) is 13.5. The fourth-order valence-electron chi connectivity index (χ4n) is 4.15. The third kappa shape index (κ3) is 3.72. The summed E-state index contributed by atoms with van der Waals surface area (Å²) >= 11 is 0. The lowest BCUT2D eigenvalue weighted by Gasteiger charge is -2.45. The number of hydrogen-bond acceptors (Lipinski definition) is 2. The molecule has 0 amide bonds. The standard InChI is InChI=1S/C17H34N2/c1-5-13-12-19(11-10-16(13)18)15-8-6-14(7-9-15)17(2,3)4/h13-16H,5-12,18H2,1-4H3. The van der Waals surface area contributed by atoms with E-state index < -0.39 is 0 Å². The van der Waals surface area contributed by atoms with Gasteiger partial charge < -0.3 is 5.73 Å². The lowest BCUT2D eigenvalue weighted by Crippen LogP contribution is -2.51. The van der Waals surface area contributed by atoms with Gasteiger partial charge in [0.05, 0.1) is 0 Å². The first kappa shape index (κ1) is 15.3. The highest BCUT2D eigenvalue weighted by atomic mass is 15.2. The Labute approximate surface area is 120 Å². The molecule has 0 aromatic rings. The van der Waals surface area contributed by atoms with Crippen LogP contribution in [0.1, 0.15) is 66.2 Å². The molecule has 0 radical (unpaired) electrons. The Morgan fingerprint density at radius 3 is 2.21 bits per heavy atom. The van der Waals surface area contributed by atoms with E-state index in [2.05, 4.69) is 32.6 Å². The van der Waals surface area contributed by atoms with Crippen molar-refractivity contribution in [2.75, 3.05) is 13.1 Å². The van der Waals surface area contributed by atoms with Crippen molar-refractivity contribution in [1.82, 2.24) is 4.90 Å². The number of hydrogen-bond donors (Lipinski definition) is 1. The third-order valence-electron chi connectivity index (χ3n) is 5.79. The molecule has 0 bridgehead atoms. The van der Waals surface area contributed by atoms with Crippen molar-refractivity contribution in [3.05, 3.63) is 0 Å². The fraction of sp³-hybridized carbons (Fsp3) is 1.00. The Balaban J connectivity index is 1.85. The van der Waals surface area contributed by atoms with Crippen LogP contribution in [-0.2, 0) is 0 Å². The molecule has 2 N–H and O–H groups in total. The summed E-state index contributed by atoms with van der Waals surface area (Å²) in [6.45, 7) is 12.0. The van der Waals surface area contributed by atoms with E-state index in [1.54, 1.807) is 0 Å². The van der Waals surface area contributed by atoms with Crippen LogP contribution in [0.4, 0.5) is 0 Å². The number of rotatable bonds is 2. The first-order valence-electron chi connectivity index (χ1n) is 8.41. The molecule has 1 saturated carbocycles. The van der Waals surface area contributed by atoms with Gasteiger partial charge in [0.15, 0.2) is 0 Å². The predicted octanol–water partition coefficient (Wildman–Crippen LogP) is 3.65. The van der Waals surface area contributed by atoms with Gasteiger partial charge in [-0.25, -0.2) is 0 Å². The number of nitrogens with two attached hydrogens (primary N) is 1. The second kappa shape index (κ2) is 6.13. The highest BCUT2D eigenvalue weighted by molar-refractivity contribution is 4.89. The Morgan fingerprint density at radius 1 is 1.05 bits per heavy atom. The molecule has 2 nitrogen and oxygen atoms in total. The zero-order valence-corrected chi connectivity index (χ0v) is 13.5. The quantitative estimate of drug-likeness (QED) is 0.826. The van der Waals surface area contributed by atoms with Crippen molar-refractivity contribution >= 4 is 0 Å². The SMILES string of the molecule is CCC1CN(C2CCC(C(C)(C)C)CC2)CCC1N. The molecule has 2 aliphatic rings. The molecule has 1 aliphatic heterocycles. The van der Waals surface area contributed by atoms with Gasteiger partial charge in [-0.1, -0.05) is 34.1 Å². The number of nitrogens with zero attached hydrogens (tertiary/aromatic N) is 1. The van der Waals surface area contributed by atoms with E-state index in [-0.39, 0.29) is 0 Å². The molecule has 1 aliphatic carbocycles. The van der Waals surface area contributed by atoms with Crippen LogP contribution >= 0.6 is 0 Å². The van der Waals surface area contributed by atoms with Crippen LogP contribution in [0, 0.1) is 17.3 Å². The molecule has 1 saturated heterocycles. The van der Waals surface area contributed by atoms with Gasteiger partial charge >= 0.3 is 0 Å². The molecule has 1 heterocycles. The van der Waals surface area contributed by atoms with Crippen molar-refractivity contribution in [3.63, 3.8) is 0 Å². The summed E-state index contributed by atoms with van der Waals surface area (Å²) in [7, 11) is 0. The van der Waals surface area contributed by atoms with Gasteiger partial charge in [-0.15, -0.1) is 0 Å². The minimum atomic E-state index is 0.451. The highest BCUT2D eigenvalue weighted by Gasteiger charge is 2.34. The van der Waals surface area contributed by atoms with E-state index in [9.17, 15) is 0 Å². The molecule has 0 aromatic heterocycles. The summed E-state index contributed by atoms with van der Waals surface area (Å²) < 4.78 is 0. The van der Waals surface area contributed by atoms with Gasteiger partial charge in [0.25, 0.3) is 0 Å². The smallest absolute Gasteiger partial charge is 0.00956 e. The molecule has 2 fully saturated rings. The lowest BCUT2D eigenvalue weighted by atomic mass is 9.71. The molecule has 2 rings (SSSR count). The van der Waals surface area contributed by atoms with Crippen LogP contribution in [0.15, 0.2) is 0 Å². The van der Waals surface area contributed by atoms with Crippen molar-refractivity contribution < 1.29 is 0 Å². The third-order valence-corrected chi connectivity index (χ3v) is 5.79. The molecular formula is C17H34N2. The average molecular weight is 266 g/mol. The second-order valence-corrected chi connectivity index (χ2v) is 7.99. The summed E-state index contributed by atoms with van der Waals surface area (Å²) in [5.74, 6) is 1.66. The van der Waals surface area contributed by atoms with Crippen LogP contribution < -0.4 is 5.73 Å². The van der Waals surface area contributed by atoms with Crippen molar-refractivity contribution in [2.45, 2.75) is 78.3 Å². The minimum absolute atomic E-state index is 0.451. The molecule has 112 valence electrons. The van der Waals surface area contributed by atoms with Gasteiger partial charge in [0.1, 0.15) is 0 Å². The van der Waals surface area contributed by atoms with Gasteiger partial charge in [0, 0.05) is 18.6 Å². The fourth-order valence-corrected chi connectivity index (χ4v) is 4.15. The molecule has 2 unspecified atom stereocenters. The molecular weight excluding hydrogens is 232 g/mol. The monoisotopic (exact) mass is 266 g/mol. The van der Waals surface area contributed by atoms with Gasteiger partial charge in [0.2, 0.25) is 0 Å². The summed E-state index contributed by atoms with van der Waals surface area (Å²) in [5.41, 5.74) is 6.73. The van der Waals surface area contributed by atoms with Gasteiger partial charge in [-0.05, 0) is 55.9 Å². The molecule has 0 aromatic carbocycles. The van der Waals surface area contributed by atoms with Crippen LogP contribution in [0.3, 0.4) is 0 Å². The van der Waals surface area contributed by atoms with Crippen LogP contribution in [0.2, 0.25) is 0 Å². The maximum atomic E-state index is 6.23. The van der Waals surface area contributed by atoms with Crippen molar-refractivity contribution in [2.24, 2.45) is 23.0 Å². The lowest BCUT2D eigenvalue weighted by molar-refractivity contribution is 0.0571. The highest BCUT2D eigenvalue weighted by Crippen LogP contribution is 2.39. The first-order chi connectivity index (χ1) is 8.91. The molecule has 0 spiro atoms. The Hall–Kier alpha value is -0.0800.